The molecule has 3 aromatic rings. The standard InChI is InChI=1S/C14H9FN2O2S/c15-12-8-11(17(18)19)2-1-9(12)7-10-3-5-16-13-4-6-20-14(10)13/h1-6,8H,7H2. The summed E-state index contributed by atoms with van der Waals surface area (Å²) in [5.41, 5.74) is 2.06. The highest BCUT2D eigenvalue weighted by Gasteiger charge is 2.12. The molecule has 0 aliphatic heterocycles. The van der Waals surface area contributed by atoms with Crippen LogP contribution in [0.4, 0.5) is 10.1 Å². The monoisotopic (exact) mass is 288 g/mol. The zero-order chi connectivity index (χ0) is 14.1. The molecule has 0 atom stereocenters. The van der Waals surface area contributed by atoms with Gasteiger partial charge in [-0.1, -0.05) is 0 Å². The number of nitro groups is 1. The minimum Gasteiger partial charge on any atom is -0.258 e. The number of aromatic nitrogens is 1. The van der Waals surface area contributed by atoms with Crippen LogP contribution in [-0.4, -0.2) is 9.91 Å². The molecule has 2 aromatic heterocycles. The molecule has 4 nitrogen and oxygen atoms in total. The molecule has 0 aliphatic rings. The quantitative estimate of drug-likeness (QED) is 0.542. The second kappa shape index (κ2) is 4.97. The molecule has 0 unspecified atom stereocenters. The number of nitro benzene ring substituents is 1. The molecule has 0 amide bonds. The highest BCUT2D eigenvalue weighted by molar-refractivity contribution is 7.17. The van der Waals surface area contributed by atoms with Gasteiger partial charge in [-0.15, -0.1) is 11.3 Å². The number of benzene rings is 1. The van der Waals surface area contributed by atoms with E-state index in [1.54, 1.807) is 17.5 Å². The van der Waals surface area contributed by atoms with Crippen molar-refractivity contribution in [2.45, 2.75) is 6.42 Å². The number of rotatable bonds is 3. The molecule has 20 heavy (non-hydrogen) atoms. The second-order valence-electron chi connectivity index (χ2n) is 4.31. The molecule has 0 N–H and O–H groups in total. The van der Waals surface area contributed by atoms with E-state index >= 15 is 0 Å². The minimum absolute atomic E-state index is 0.234. The lowest BCUT2D eigenvalue weighted by Crippen LogP contribution is -1.96. The Bertz CT molecular complexity index is 801. The van der Waals surface area contributed by atoms with Crippen molar-refractivity contribution in [3.63, 3.8) is 0 Å². The Hall–Kier alpha value is -2.34. The largest absolute Gasteiger partial charge is 0.272 e. The van der Waals surface area contributed by atoms with Crippen LogP contribution in [0.5, 0.6) is 0 Å². The van der Waals surface area contributed by atoms with Gasteiger partial charge in [0.05, 0.1) is 21.2 Å². The van der Waals surface area contributed by atoms with Gasteiger partial charge in [0.2, 0.25) is 0 Å². The molecule has 0 fully saturated rings. The van der Waals surface area contributed by atoms with E-state index in [1.807, 2.05) is 17.5 Å². The fourth-order valence-electron chi connectivity index (χ4n) is 2.07. The van der Waals surface area contributed by atoms with Crippen molar-refractivity contribution in [3.05, 3.63) is 69.0 Å². The van der Waals surface area contributed by atoms with Crippen LogP contribution in [0.3, 0.4) is 0 Å². The van der Waals surface area contributed by atoms with Gasteiger partial charge in [0.1, 0.15) is 5.82 Å². The average molecular weight is 288 g/mol. The fourth-order valence-corrected chi connectivity index (χ4v) is 2.93. The number of halogens is 1. The first-order chi connectivity index (χ1) is 9.65. The highest BCUT2D eigenvalue weighted by atomic mass is 32.1. The Morgan fingerprint density at radius 1 is 1.25 bits per heavy atom. The zero-order valence-electron chi connectivity index (χ0n) is 10.2. The van der Waals surface area contributed by atoms with Crippen LogP contribution < -0.4 is 0 Å². The van der Waals surface area contributed by atoms with Crippen LogP contribution >= 0.6 is 11.3 Å². The summed E-state index contributed by atoms with van der Waals surface area (Å²) in [6, 6.07) is 7.51. The second-order valence-corrected chi connectivity index (χ2v) is 5.23. The van der Waals surface area contributed by atoms with E-state index in [-0.39, 0.29) is 5.69 Å². The Labute approximate surface area is 117 Å². The number of hydrogen-bond donors (Lipinski definition) is 0. The van der Waals surface area contributed by atoms with Gasteiger partial charge >= 0.3 is 0 Å². The van der Waals surface area contributed by atoms with Gasteiger partial charge in [0, 0.05) is 18.7 Å². The number of non-ortho nitro benzene ring substituents is 1. The number of hydrogen-bond acceptors (Lipinski definition) is 4. The zero-order valence-corrected chi connectivity index (χ0v) is 11.1. The lowest BCUT2D eigenvalue weighted by atomic mass is 10.0. The maximum absolute atomic E-state index is 13.9. The van der Waals surface area contributed by atoms with Crippen molar-refractivity contribution in [2.24, 2.45) is 0 Å². The van der Waals surface area contributed by atoms with Crippen LogP contribution in [0.25, 0.3) is 10.2 Å². The Morgan fingerprint density at radius 3 is 2.85 bits per heavy atom. The predicted molar refractivity (Wildman–Crippen MR) is 75.5 cm³/mol. The van der Waals surface area contributed by atoms with Gasteiger partial charge < -0.3 is 0 Å². The summed E-state index contributed by atoms with van der Waals surface area (Å²) in [6.45, 7) is 0. The van der Waals surface area contributed by atoms with E-state index in [0.29, 0.717) is 12.0 Å². The Kier molecular flexibility index (Phi) is 3.15. The van der Waals surface area contributed by atoms with Gasteiger partial charge in [-0.3, -0.25) is 15.1 Å². The van der Waals surface area contributed by atoms with Crippen LogP contribution in [0.1, 0.15) is 11.1 Å². The molecule has 0 saturated carbocycles. The van der Waals surface area contributed by atoms with Crippen molar-refractivity contribution < 1.29 is 9.31 Å². The average Bonchev–Trinajstić information content (AvgIpc) is 2.90. The van der Waals surface area contributed by atoms with E-state index in [0.717, 1.165) is 21.8 Å². The van der Waals surface area contributed by atoms with Gasteiger partial charge in [-0.25, -0.2) is 4.39 Å². The smallest absolute Gasteiger partial charge is 0.258 e. The maximum Gasteiger partial charge on any atom is 0.272 e. The summed E-state index contributed by atoms with van der Waals surface area (Å²) in [4.78, 5) is 14.2. The molecule has 0 bridgehead atoms. The summed E-state index contributed by atoms with van der Waals surface area (Å²) in [5, 5.41) is 12.5. The topological polar surface area (TPSA) is 56.0 Å². The van der Waals surface area contributed by atoms with Crippen molar-refractivity contribution in [1.82, 2.24) is 4.98 Å². The molecule has 0 radical (unpaired) electrons. The first-order valence-corrected chi connectivity index (χ1v) is 6.77. The molecule has 6 heteroatoms. The Balaban J connectivity index is 1.99. The van der Waals surface area contributed by atoms with E-state index < -0.39 is 10.7 Å². The molecule has 2 heterocycles. The molecule has 0 saturated heterocycles. The highest BCUT2D eigenvalue weighted by Crippen LogP contribution is 2.26. The molecule has 100 valence electrons. The van der Waals surface area contributed by atoms with Crippen LogP contribution in [0, 0.1) is 15.9 Å². The van der Waals surface area contributed by atoms with E-state index in [9.17, 15) is 14.5 Å². The fraction of sp³-hybridized carbons (Fsp3) is 0.0714. The molecule has 1 aromatic carbocycles. The maximum atomic E-state index is 13.9. The third kappa shape index (κ3) is 2.25. The summed E-state index contributed by atoms with van der Waals surface area (Å²) < 4.78 is 14.9. The lowest BCUT2D eigenvalue weighted by Gasteiger charge is -2.04. The third-order valence-electron chi connectivity index (χ3n) is 3.05. The summed E-state index contributed by atoms with van der Waals surface area (Å²) in [7, 11) is 0. The number of pyridine rings is 1. The minimum atomic E-state index is -0.600. The van der Waals surface area contributed by atoms with Gasteiger partial charge in [0.15, 0.2) is 0 Å². The van der Waals surface area contributed by atoms with Gasteiger partial charge in [-0.05, 0) is 34.7 Å². The van der Waals surface area contributed by atoms with E-state index in [2.05, 4.69) is 4.98 Å². The Morgan fingerprint density at radius 2 is 2.10 bits per heavy atom. The molecular weight excluding hydrogens is 279 g/mol. The first-order valence-electron chi connectivity index (χ1n) is 5.89. The predicted octanol–water partition coefficient (Wildman–Crippen LogP) is 3.93. The van der Waals surface area contributed by atoms with Gasteiger partial charge in [-0.2, -0.15) is 0 Å². The summed E-state index contributed by atoms with van der Waals surface area (Å²) >= 11 is 1.55. The number of nitrogens with zero attached hydrogens (tertiary/aromatic N) is 2. The summed E-state index contributed by atoms with van der Waals surface area (Å²) in [6.07, 6.45) is 2.08. The van der Waals surface area contributed by atoms with Crippen LogP contribution in [-0.2, 0) is 6.42 Å². The van der Waals surface area contributed by atoms with Crippen molar-refractivity contribution in [3.8, 4) is 0 Å². The summed E-state index contributed by atoms with van der Waals surface area (Å²) in [5.74, 6) is -0.555. The first kappa shape index (κ1) is 12.7. The lowest BCUT2D eigenvalue weighted by molar-refractivity contribution is -0.385. The molecule has 3 rings (SSSR count). The van der Waals surface area contributed by atoms with Crippen LogP contribution in [0.2, 0.25) is 0 Å². The van der Waals surface area contributed by atoms with Crippen LogP contribution in [0.15, 0.2) is 41.9 Å². The van der Waals surface area contributed by atoms with Crippen molar-refractivity contribution in [2.75, 3.05) is 0 Å². The van der Waals surface area contributed by atoms with E-state index in [1.165, 1.54) is 12.1 Å². The van der Waals surface area contributed by atoms with Crippen molar-refractivity contribution in [1.29, 1.82) is 0 Å². The van der Waals surface area contributed by atoms with E-state index in [4.69, 9.17) is 0 Å². The number of thiophene rings is 1. The number of fused-ring (bicyclic) bond motifs is 1. The molecule has 0 aliphatic carbocycles. The normalized spacial score (nSPS) is 10.8. The molecular formula is C14H9FN2O2S. The van der Waals surface area contributed by atoms with Gasteiger partial charge in [0.25, 0.3) is 5.69 Å². The molecule has 0 spiro atoms. The van der Waals surface area contributed by atoms with Crippen molar-refractivity contribution >= 4 is 27.2 Å². The third-order valence-corrected chi connectivity index (χ3v) is 4.03. The SMILES string of the molecule is O=[N+]([O-])c1ccc(Cc2ccnc3ccsc23)c(F)c1.